The lowest BCUT2D eigenvalue weighted by Crippen LogP contribution is -2.28. The summed E-state index contributed by atoms with van der Waals surface area (Å²) in [6, 6.07) is 7.73. The average Bonchev–Trinajstić information content (AvgIpc) is 3.20. The molecular weight excluding hydrogens is 304 g/mol. The van der Waals surface area contributed by atoms with Crippen LogP contribution in [-0.4, -0.2) is 46.9 Å². The monoisotopic (exact) mass is 328 g/mol. The van der Waals surface area contributed by atoms with Gasteiger partial charge in [0.05, 0.1) is 18.0 Å². The van der Waals surface area contributed by atoms with Crippen LogP contribution in [0.15, 0.2) is 36.7 Å². The van der Waals surface area contributed by atoms with E-state index in [1.165, 1.54) is 12.0 Å². The highest BCUT2D eigenvalue weighted by atomic mass is 16.5. The summed E-state index contributed by atoms with van der Waals surface area (Å²) in [6.45, 7) is 2.69. The fourth-order valence-corrected chi connectivity index (χ4v) is 2.96. The topological polar surface area (TPSA) is 59.4 Å². The predicted molar refractivity (Wildman–Crippen MR) is 92.9 cm³/mol. The number of hydrogen-bond donors (Lipinski definition) is 1. The highest BCUT2D eigenvalue weighted by molar-refractivity contribution is 6.04. The van der Waals surface area contributed by atoms with E-state index in [-0.39, 0.29) is 5.91 Å². The molecular formula is C18H24N4O2. The van der Waals surface area contributed by atoms with Gasteiger partial charge in [-0.1, -0.05) is 12.1 Å². The van der Waals surface area contributed by atoms with E-state index in [2.05, 4.69) is 22.4 Å². The quantitative estimate of drug-likeness (QED) is 0.884. The smallest absolute Gasteiger partial charge is 0.255 e. The number of benzene rings is 1. The second kappa shape index (κ2) is 7.59. The van der Waals surface area contributed by atoms with E-state index in [1.54, 1.807) is 17.1 Å². The van der Waals surface area contributed by atoms with Gasteiger partial charge in [-0.3, -0.25) is 14.4 Å². The summed E-state index contributed by atoms with van der Waals surface area (Å²) in [5.41, 5.74) is 2.53. The van der Waals surface area contributed by atoms with Gasteiger partial charge in [0, 0.05) is 38.5 Å². The molecule has 24 heavy (non-hydrogen) atoms. The Kier molecular flexibility index (Phi) is 5.27. The zero-order valence-corrected chi connectivity index (χ0v) is 14.2. The number of carbonyl (C=O) groups is 1. The SMILES string of the molecule is CN(Cc1ccc(C(=O)Nc2cnn(C)c2)cc1)CC1CCCO1. The molecule has 1 N–H and O–H groups in total. The minimum absolute atomic E-state index is 0.123. The summed E-state index contributed by atoms with van der Waals surface area (Å²) in [5, 5.41) is 6.88. The van der Waals surface area contributed by atoms with Gasteiger partial charge in [-0.15, -0.1) is 0 Å². The molecule has 0 spiro atoms. The number of ether oxygens (including phenoxy) is 1. The van der Waals surface area contributed by atoms with Crippen molar-refractivity contribution < 1.29 is 9.53 Å². The molecule has 0 aliphatic carbocycles. The third-order valence-corrected chi connectivity index (χ3v) is 4.17. The normalized spacial score (nSPS) is 17.4. The molecule has 0 bridgehead atoms. The number of anilines is 1. The van der Waals surface area contributed by atoms with Gasteiger partial charge in [-0.2, -0.15) is 5.10 Å². The summed E-state index contributed by atoms with van der Waals surface area (Å²) < 4.78 is 7.32. The number of aromatic nitrogens is 2. The van der Waals surface area contributed by atoms with Crippen molar-refractivity contribution in [2.75, 3.05) is 25.5 Å². The molecule has 1 amide bonds. The van der Waals surface area contributed by atoms with E-state index >= 15 is 0 Å². The molecule has 1 aliphatic rings. The Hall–Kier alpha value is -2.18. The van der Waals surface area contributed by atoms with Gasteiger partial charge < -0.3 is 10.1 Å². The zero-order chi connectivity index (χ0) is 16.9. The summed E-state index contributed by atoms with van der Waals surface area (Å²) in [6.07, 6.45) is 6.08. The summed E-state index contributed by atoms with van der Waals surface area (Å²) in [7, 11) is 3.92. The standard InChI is InChI=1S/C18H24N4O2/c1-21(13-17-4-3-9-24-17)11-14-5-7-15(8-6-14)18(23)20-16-10-19-22(2)12-16/h5-8,10,12,17H,3-4,9,11,13H2,1-2H3,(H,20,23). The molecule has 6 heteroatoms. The van der Waals surface area contributed by atoms with Gasteiger partial charge in [0.25, 0.3) is 5.91 Å². The Balaban J connectivity index is 1.53. The first-order chi connectivity index (χ1) is 11.6. The fourth-order valence-electron chi connectivity index (χ4n) is 2.96. The fraction of sp³-hybridized carbons (Fsp3) is 0.444. The molecule has 1 aromatic carbocycles. The summed E-state index contributed by atoms with van der Waals surface area (Å²) >= 11 is 0. The molecule has 0 radical (unpaired) electrons. The van der Waals surface area contributed by atoms with Crippen LogP contribution >= 0.6 is 0 Å². The van der Waals surface area contributed by atoms with Crippen LogP contribution in [0.25, 0.3) is 0 Å². The van der Waals surface area contributed by atoms with Crippen LogP contribution < -0.4 is 5.32 Å². The largest absolute Gasteiger partial charge is 0.377 e. The van der Waals surface area contributed by atoms with Gasteiger partial charge in [-0.25, -0.2) is 0 Å². The van der Waals surface area contributed by atoms with Crippen molar-refractivity contribution in [2.45, 2.75) is 25.5 Å². The molecule has 6 nitrogen and oxygen atoms in total. The highest BCUT2D eigenvalue weighted by Crippen LogP contribution is 2.15. The molecule has 128 valence electrons. The minimum atomic E-state index is -0.123. The number of nitrogens with one attached hydrogen (secondary N) is 1. The van der Waals surface area contributed by atoms with Crippen molar-refractivity contribution in [3.63, 3.8) is 0 Å². The molecule has 1 fully saturated rings. The third-order valence-electron chi connectivity index (χ3n) is 4.17. The minimum Gasteiger partial charge on any atom is -0.377 e. The van der Waals surface area contributed by atoms with Gasteiger partial charge in [0.1, 0.15) is 0 Å². The summed E-state index contributed by atoms with van der Waals surface area (Å²) in [4.78, 5) is 14.5. The summed E-state index contributed by atoms with van der Waals surface area (Å²) in [5.74, 6) is -0.123. The lowest BCUT2D eigenvalue weighted by Gasteiger charge is -2.20. The number of carbonyl (C=O) groups excluding carboxylic acids is 1. The Morgan fingerprint density at radius 3 is 2.83 bits per heavy atom. The Morgan fingerprint density at radius 1 is 1.42 bits per heavy atom. The lowest BCUT2D eigenvalue weighted by atomic mass is 10.1. The number of nitrogens with zero attached hydrogens (tertiary/aromatic N) is 3. The van der Waals surface area contributed by atoms with E-state index in [9.17, 15) is 4.79 Å². The maximum Gasteiger partial charge on any atom is 0.255 e. The van der Waals surface area contributed by atoms with Gasteiger partial charge in [0.15, 0.2) is 0 Å². The van der Waals surface area contributed by atoms with Gasteiger partial charge in [0.2, 0.25) is 0 Å². The molecule has 2 heterocycles. The first-order valence-corrected chi connectivity index (χ1v) is 8.29. The van der Waals surface area contributed by atoms with Crippen molar-refractivity contribution in [3.8, 4) is 0 Å². The molecule has 1 unspecified atom stereocenters. The van der Waals surface area contributed by atoms with Gasteiger partial charge in [-0.05, 0) is 37.6 Å². The van der Waals surface area contributed by atoms with Crippen molar-refractivity contribution in [1.29, 1.82) is 0 Å². The Bertz CT molecular complexity index is 675. The number of likely N-dealkylation sites (N-methyl/N-ethyl adjacent to an activating group) is 1. The first-order valence-electron chi connectivity index (χ1n) is 8.29. The molecule has 1 atom stereocenters. The van der Waals surface area contributed by atoms with E-state index in [4.69, 9.17) is 4.74 Å². The van der Waals surface area contributed by atoms with Crippen LogP contribution in [0.3, 0.4) is 0 Å². The zero-order valence-electron chi connectivity index (χ0n) is 14.2. The number of aryl methyl sites for hydroxylation is 1. The van der Waals surface area contributed by atoms with E-state index in [0.717, 1.165) is 26.1 Å². The van der Waals surface area contributed by atoms with Crippen LogP contribution in [0.5, 0.6) is 0 Å². The van der Waals surface area contributed by atoms with E-state index in [0.29, 0.717) is 17.4 Å². The Labute approximate surface area is 142 Å². The van der Waals surface area contributed by atoms with Crippen molar-refractivity contribution in [2.24, 2.45) is 7.05 Å². The molecule has 1 aromatic heterocycles. The first kappa shape index (κ1) is 16.7. The average molecular weight is 328 g/mol. The van der Waals surface area contributed by atoms with Crippen LogP contribution in [-0.2, 0) is 18.3 Å². The maximum atomic E-state index is 12.2. The number of rotatable bonds is 6. The van der Waals surface area contributed by atoms with Crippen LogP contribution in [0.4, 0.5) is 5.69 Å². The van der Waals surface area contributed by atoms with Crippen LogP contribution in [0.2, 0.25) is 0 Å². The number of amides is 1. The predicted octanol–water partition coefficient (Wildman–Crippen LogP) is 2.28. The second-order valence-corrected chi connectivity index (χ2v) is 6.39. The number of hydrogen-bond acceptors (Lipinski definition) is 4. The third kappa shape index (κ3) is 4.43. The maximum absolute atomic E-state index is 12.2. The van der Waals surface area contributed by atoms with Crippen LogP contribution in [0.1, 0.15) is 28.8 Å². The van der Waals surface area contributed by atoms with Crippen molar-refractivity contribution >= 4 is 11.6 Å². The van der Waals surface area contributed by atoms with Crippen molar-refractivity contribution in [1.82, 2.24) is 14.7 Å². The van der Waals surface area contributed by atoms with E-state index < -0.39 is 0 Å². The van der Waals surface area contributed by atoms with Crippen LogP contribution in [0, 0.1) is 0 Å². The molecule has 1 saturated heterocycles. The lowest BCUT2D eigenvalue weighted by molar-refractivity contribution is 0.0793. The molecule has 0 saturated carbocycles. The second-order valence-electron chi connectivity index (χ2n) is 6.39. The molecule has 3 rings (SSSR count). The van der Waals surface area contributed by atoms with E-state index in [1.807, 2.05) is 31.3 Å². The Morgan fingerprint density at radius 2 is 2.21 bits per heavy atom. The van der Waals surface area contributed by atoms with Gasteiger partial charge >= 0.3 is 0 Å². The molecule has 1 aliphatic heterocycles. The highest BCUT2D eigenvalue weighted by Gasteiger charge is 2.17. The molecule has 2 aromatic rings. The van der Waals surface area contributed by atoms with Crippen molar-refractivity contribution in [3.05, 3.63) is 47.8 Å².